The van der Waals surface area contributed by atoms with E-state index in [-0.39, 0.29) is 5.91 Å². The Morgan fingerprint density at radius 1 is 1.50 bits per heavy atom. The number of nitrogens with one attached hydrogen (secondary N) is 1. The largest absolute Gasteiger partial charge is 0.399 e. The summed E-state index contributed by atoms with van der Waals surface area (Å²) in [5, 5.41) is 3.54. The molecule has 1 aromatic carbocycles. The van der Waals surface area contributed by atoms with Crippen molar-refractivity contribution in [3.05, 3.63) is 18.2 Å². The lowest BCUT2D eigenvalue weighted by Gasteiger charge is -2.24. The number of fused-ring (bicyclic) bond motifs is 1. The molecule has 0 radical (unpaired) electrons. The summed E-state index contributed by atoms with van der Waals surface area (Å²) < 4.78 is 1.01. The monoisotopic (exact) mass is 261 g/mol. The molecule has 1 amide bonds. The Kier molecular flexibility index (Phi) is 2.91. The van der Waals surface area contributed by atoms with E-state index in [9.17, 15) is 4.79 Å². The molecule has 1 fully saturated rings. The molecular formula is C13H15N3OS. The molecule has 94 valence electrons. The average Bonchev–Trinajstić information content (AvgIpc) is 2.65. The van der Waals surface area contributed by atoms with Crippen molar-refractivity contribution >= 4 is 38.3 Å². The summed E-state index contributed by atoms with van der Waals surface area (Å²) in [7, 11) is 0. The van der Waals surface area contributed by atoms with Gasteiger partial charge in [0.05, 0.1) is 10.2 Å². The Balaban J connectivity index is 1.71. The fraction of sp³-hybridized carbons (Fsp3) is 0.385. The standard InChI is InChI=1S/C13H15N3OS/c14-9-4-5-10-11(7-9)18-13(15-10)16-12(17)6-8-2-1-3-8/h4-5,7-8H,1-3,6,14H2,(H,15,16,17). The number of nitrogens with zero attached hydrogens (tertiary/aromatic N) is 1. The van der Waals surface area contributed by atoms with Crippen LogP contribution in [0.4, 0.5) is 10.8 Å². The highest BCUT2D eigenvalue weighted by Crippen LogP contribution is 2.31. The van der Waals surface area contributed by atoms with Crippen molar-refractivity contribution in [2.24, 2.45) is 5.92 Å². The van der Waals surface area contributed by atoms with Gasteiger partial charge >= 0.3 is 0 Å². The normalized spacial score (nSPS) is 15.6. The molecule has 0 unspecified atom stereocenters. The van der Waals surface area contributed by atoms with Gasteiger partial charge in [0.15, 0.2) is 5.13 Å². The van der Waals surface area contributed by atoms with E-state index in [4.69, 9.17) is 5.73 Å². The van der Waals surface area contributed by atoms with E-state index >= 15 is 0 Å². The summed E-state index contributed by atoms with van der Waals surface area (Å²) in [5.41, 5.74) is 7.32. The van der Waals surface area contributed by atoms with E-state index in [1.165, 1.54) is 30.6 Å². The maximum Gasteiger partial charge on any atom is 0.226 e. The number of anilines is 2. The Labute approximate surface area is 109 Å². The number of carbonyl (C=O) groups excluding carboxylic acids is 1. The zero-order chi connectivity index (χ0) is 12.5. The first-order valence-corrected chi connectivity index (χ1v) is 6.98. The molecule has 0 bridgehead atoms. The van der Waals surface area contributed by atoms with Crippen LogP contribution in [0.1, 0.15) is 25.7 Å². The lowest BCUT2D eigenvalue weighted by Crippen LogP contribution is -2.20. The van der Waals surface area contributed by atoms with Gasteiger partial charge in [0, 0.05) is 12.1 Å². The maximum absolute atomic E-state index is 11.8. The molecule has 1 aliphatic carbocycles. The van der Waals surface area contributed by atoms with Crippen LogP contribution < -0.4 is 11.1 Å². The van der Waals surface area contributed by atoms with Gasteiger partial charge in [-0.25, -0.2) is 4.98 Å². The average molecular weight is 261 g/mol. The Hall–Kier alpha value is -1.62. The van der Waals surface area contributed by atoms with Gasteiger partial charge in [-0.3, -0.25) is 4.79 Å². The molecule has 0 saturated heterocycles. The first-order valence-electron chi connectivity index (χ1n) is 6.16. The topological polar surface area (TPSA) is 68.0 Å². The second kappa shape index (κ2) is 4.57. The summed E-state index contributed by atoms with van der Waals surface area (Å²) in [4.78, 5) is 16.2. The van der Waals surface area contributed by atoms with Gasteiger partial charge in [0.25, 0.3) is 0 Å². The number of carbonyl (C=O) groups is 1. The molecule has 0 spiro atoms. The molecule has 0 atom stereocenters. The van der Waals surface area contributed by atoms with Crippen LogP contribution in [-0.2, 0) is 4.79 Å². The third-order valence-electron chi connectivity index (χ3n) is 3.36. The van der Waals surface area contributed by atoms with Gasteiger partial charge in [0.2, 0.25) is 5.91 Å². The molecule has 2 aromatic rings. The van der Waals surface area contributed by atoms with E-state index in [1.807, 2.05) is 18.2 Å². The lowest BCUT2D eigenvalue weighted by atomic mass is 9.83. The Bertz CT molecular complexity index is 589. The molecule has 3 N–H and O–H groups in total. The van der Waals surface area contributed by atoms with Crippen molar-refractivity contribution in [2.45, 2.75) is 25.7 Å². The van der Waals surface area contributed by atoms with Crippen molar-refractivity contribution in [1.29, 1.82) is 0 Å². The number of nitrogens with two attached hydrogens (primary N) is 1. The van der Waals surface area contributed by atoms with E-state index in [2.05, 4.69) is 10.3 Å². The van der Waals surface area contributed by atoms with Crippen LogP contribution in [0.3, 0.4) is 0 Å². The second-order valence-electron chi connectivity index (χ2n) is 4.80. The van der Waals surface area contributed by atoms with Gasteiger partial charge in [-0.1, -0.05) is 17.8 Å². The van der Waals surface area contributed by atoms with Gasteiger partial charge in [-0.15, -0.1) is 0 Å². The Morgan fingerprint density at radius 3 is 3.06 bits per heavy atom. The van der Waals surface area contributed by atoms with Crippen molar-refractivity contribution in [1.82, 2.24) is 4.98 Å². The predicted molar refractivity (Wildman–Crippen MR) is 74.6 cm³/mol. The molecule has 0 aliphatic heterocycles. The fourth-order valence-corrected chi connectivity index (χ4v) is 3.05. The molecule has 1 saturated carbocycles. The zero-order valence-corrected chi connectivity index (χ0v) is 10.8. The third kappa shape index (κ3) is 2.31. The number of hydrogen-bond acceptors (Lipinski definition) is 4. The molecule has 1 heterocycles. The van der Waals surface area contributed by atoms with Crippen molar-refractivity contribution in [2.75, 3.05) is 11.1 Å². The van der Waals surface area contributed by atoms with Crippen molar-refractivity contribution < 1.29 is 4.79 Å². The van der Waals surface area contributed by atoms with Crippen molar-refractivity contribution in [3.8, 4) is 0 Å². The molecule has 1 aliphatic rings. The SMILES string of the molecule is Nc1ccc2nc(NC(=O)CC3CCC3)sc2c1. The number of rotatable bonds is 3. The van der Waals surface area contributed by atoms with E-state index in [0.29, 0.717) is 17.5 Å². The molecule has 1 aromatic heterocycles. The lowest BCUT2D eigenvalue weighted by molar-refractivity contribution is -0.117. The Morgan fingerprint density at radius 2 is 2.33 bits per heavy atom. The quantitative estimate of drug-likeness (QED) is 0.834. The molecule has 5 heteroatoms. The molecule has 3 rings (SSSR count). The fourth-order valence-electron chi connectivity index (χ4n) is 2.12. The van der Waals surface area contributed by atoms with E-state index < -0.39 is 0 Å². The highest BCUT2D eigenvalue weighted by molar-refractivity contribution is 7.22. The number of nitrogen functional groups attached to an aromatic ring is 1. The van der Waals surface area contributed by atoms with Gasteiger partial charge in [-0.05, 0) is 37.0 Å². The van der Waals surface area contributed by atoms with Crippen LogP contribution in [-0.4, -0.2) is 10.9 Å². The van der Waals surface area contributed by atoms with Gasteiger partial charge in [0.1, 0.15) is 0 Å². The van der Waals surface area contributed by atoms with Crippen LogP contribution in [0, 0.1) is 5.92 Å². The summed E-state index contributed by atoms with van der Waals surface area (Å²) in [5.74, 6) is 0.654. The summed E-state index contributed by atoms with van der Waals surface area (Å²) in [6, 6.07) is 5.58. The number of thiazole rings is 1. The minimum Gasteiger partial charge on any atom is -0.399 e. The number of amides is 1. The predicted octanol–water partition coefficient (Wildman–Crippen LogP) is 3.01. The van der Waals surface area contributed by atoms with Gasteiger partial charge in [-0.2, -0.15) is 0 Å². The summed E-state index contributed by atoms with van der Waals surface area (Å²) in [6.07, 6.45) is 4.25. The van der Waals surface area contributed by atoms with Crippen LogP contribution in [0.2, 0.25) is 0 Å². The third-order valence-corrected chi connectivity index (χ3v) is 4.29. The first kappa shape index (κ1) is 11.5. The molecule has 4 nitrogen and oxygen atoms in total. The maximum atomic E-state index is 11.8. The van der Waals surface area contributed by atoms with Crippen LogP contribution in [0.15, 0.2) is 18.2 Å². The smallest absolute Gasteiger partial charge is 0.226 e. The highest BCUT2D eigenvalue weighted by atomic mass is 32.1. The number of hydrogen-bond donors (Lipinski definition) is 2. The minimum absolute atomic E-state index is 0.0757. The molecule has 18 heavy (non-hydrogen) atoms. The van der Waals surface area contributed by atoms with Crippen LogP contribution in [0.25, 0.3) is 10.2 Å². The first-order chi connectivity index (χ1) is 8.70. The van der Waals surface area contributed by atoms with E-state index in [1.54, 1.807) is 0 Å². The van der Waals surface area contributed by atoms with Crippen LogP contribution in [0.5, 0.6) is 0 Å². The van der Waals surface area contributed by atoms with E-state index in [0.717, 1.165) is 15.9 Å². The zero-order valence-electron chi connectivity index (χ0n) is 9.98. The highest BCUT2D eigenvalue weighted by Gasteiger charge is 2.21. The van der Waals surface area contributed by atoms with Gasteiger partial charge < -0.3 is 11.1 Å². The van der Waals surface area contributed by atoms with Crippen LogP contribution >= 0.6 is 11.3 Å². The number of benzene rings is 1. The summed E-state index contributed by atoms with van der Waals surface area (Å²) >= 11 is 1.47. The number of aromatic nitrogens is 1. The molecular weight excluding hydrogens is 246 g/mol. The minimum atomic E-state index is 0.0757. The summed E-state index contributed by atoms with van der Waals surface area (Å²) in [6.45, 7) is 0. The van der Waals surface area contributed by atoms with Crippen molar-refractivity contribution in [3.63, 3.8) is 0 Å². The second-order valence-corrected chi connectivity index (χ2v) is 5.83.